The molecule has 2 heteroatoms. The van der Waals surface area contributed by atoms with E-state index in [0.29, 0.717) is 6.04 Å². The largest absolute Gasteiger partial charge is 0.315 e. The summed E-state index contributed by atoms with van der Waals surface area (Å²) in [6.45, 7) is 7.27. The fourth-order valence-electron chi connectivity index (χ4n) is 1.61. The number of nitrogens with one attached hydrogen (secondary N) is 1. The maximum absolute atomic E-state index is 12.8. The highest BCUT2D eigenvalue weighted by Gasteiger charge is 2.00. The van der Waals surface area contributed by atoms with Gasteiger partial charge in [-0.25, -0.2) is 4.39 Å². The Kier molecular flexibility index (Phi) is 4.76. The summed E-state index contributed by atoms with van der Waals surface area (Å²) in [4.78, 5) is 0. The number of hydrogen-bond donors (Lipinski definition) is 1. The lowest BCUT2D eigenvalue weighted by Gasteiger charge is -2.09. The van der Waals surface area contributed by atoms with E-state index in [1.165, 1.54) is 11.6 Å². The molecular formula is C13H20FN. The Morgan fingerprint density at radius 1 is 1.33 bits per heavy atom. The SMILES string of the molecule is Cc1cc(F)ccc1CCCNC(C)C. The third-order valence-corrected chi connectivity index (χ3v) is 2.48. The van der Waals surface area contributed by atoms with Crippen molar-refractivity contribution >= 4 is 0 Å². The van der Waals surface area contributed by atoms with Crippen LogP contribution in [0.1, 0.15) is 31.4 Å². The Labute approximate surface area is 91.7 Å². The predicted molar refractivity (Wildman–Crippen MR) is 62.6 cm³/mol. The van der Waals surface area contributed by atoms with Gasteiger partial charge in [0.1, 0.15) is 5.82 Å². The van der Waals surface area contributed by atoms with Gasteiger partial charge in [-0.05, 0) is 49.6 Å². The van der Waals surface area contributed by atoms with Crippen LogP contribution in [-0.2, 0) is 6.42 Å². The van der Waals surface area contributed by atoms with Gasteiger partial charge in [-0.3, -0.25) is 0 Å². The van der Waals surface area contributed by atoms with Crippen LogP contribution < -0.4 is 5.32 Å². The van der Waals surface area contributed by atoms with Gasteiger partial charge in [-0.2, -0.15) is 0 Å². The van der Waals surface area contributed by atoms with Gasteiger partial charge in [-0.1, -0.05) is 19.9 Å². The lowest BCUT2D eigenvalue weighted by Crippen LogP contribution is -2.23. The van der Waals surface area contributed by atoms with Crippen molar-refractivity contribution in [1.82, 2.24) is 5.32 Å². The van der Waals surface area contributed by atoms with Gasteiger partial charge in [-0.15, -0.1) is 0 Å². The van der Waals surface area contributed by atoms with Crippen molar-refractivity contribution < 1.29 is 4.39 Å². The van der Waals surface area contributed by atoms with Gasteiger partial charge >= 0.3 is 0 Å². The smallest absolute Gasteiger partial charge is 0.123 e. The van der Waals surface area contributed by atoms with Gasteiger partial charge in [0.25, 0.3) is 0 Å². The molecule has 0 aromatic heterocycles. The fourth-order valence-corrected chi connectivity index (χ4v) is 1.61. The molecule has 0 unspecified atom stereocenters. The Hall–Kier alpha value is -0.890. The summed E-state index contributed by atoms with van der Waals surface area (Å²) < 4.78 is 12.8. The highest BCUT2D eigenvalue weighted by atomic mass is 19.1. The molecule has 0 saturated carbocycles. The summed E-state index contributed by atoms with van der Waals surface area (Å²) in [5, 5.41) is 3.37. The predicted octanol–water partition coefficient (Wildman–Crippen LogP) is 3.06. The molecule has 0 atom stereocenters. The second-order valence-electron chi connectivity index (χ2n) is 4.28. The maximum atomic E-state index is 12.8. The first-order valence-corrected chi connectivity index (χ1v) is 5.58. The van der Waals surface area contributed by atoms with Crippen LogP contribution in [0, 0.1) is 12.7 Å². The first-order valence-electron chi connectivity index (χ1n) is 5.58. The first kappa shape index (κ1) is 12.2. The quantitative estimate of drug-likeness (QED) is 0.735. The minimum Gasteiger partial charge on any atom is -0.315 e. The van der Waals surface area contributed by atoms with E-state index in [2.05, 4.69) is 19.2 Å². The molecule has 0 aliphatic carbocycles. The second-order valence-corrected chi connectivity index (χ2v) is 4.28. The van der Waals surface area contributed by atoms with Gasteiger partial charge in [0.15, 0.2) is 0 Å². The average molecular weight is 209 g/mol. The standard InChI is InChI=1S/C13H20FN/c1-10(2)15-8-4-5-12-6-7-13(14)9-11(12)3/h6-7,9-10,15H,4-5,8H2,1-3H3. The lowest BCUT2D eigenvalue weighted by molar-refractivity contribution is 0.569. The zero-order chi connectivity index (χ0) is 11.3. The van der Waals surface area contributed by atoms with Crippen LogP contribution in [0.5, 0.6) is 0 Å². The van der Waals surface area contributed by atoms with Crippen molar-refractivity contribution in [2.24, 2.45) is 0 Å². The van der Waals surface area contributed by atoms with Crippen LogP contribution in [0.2, 0.25) is 0 Å². The van der Waals surface area contributed by atoms with Crippen molar-refractivity contribution in [3.05, 3.63) is 35.1 Å². The fraction of sp³-hybridized carbons (Fsp3) is 0.538. The Balaban J connectivity index is 2.37. The first-order chi connectivity index (χ1) is 7.09. The Morgan fingerprint density at radius 3 is 2.67 bits per heavy atom. The highest BCUT2D eigenvalue weighted by Crippen LogP contribution is 2.11. The minimum absolute atomic E-state index is 0.142. The zero-order valence-corrected chi connectivity index (χ0v) is 9.81. The third kappa shape index (κ3) is 4.43. The molecule has 0 radical (unpaired) electrons. The van der Waals surface area contributed by atoms with Crippen LogP contribution in [0.15, 0.2) is 18.2 Å². The summed E-state index contributed by atoms with van der Waals surface area (Å²) >= 11 is 0. The van der Waals surface area contributed by atoms with Crippen LogP contribution in [0.4, 0.5) is 4.39 Å². The number of halogens is 1. The highest BCUT2D eigenvalue weighted by molar-refractivity contribution is 5.26. The van der Waals surface area contributed by atoms with E-state index in [4.69, 9.17) is 0 Å². The van der Waals surface area contributed by atoms with Crippen molar-refractivity contribution in [2.75, 3.05) is 6.54 Å². The molecule has 1 aromatic carbocycles. The molecular weight excluding hydrogens is 189 g/mol. The molecule has 84 valence electrons. The van der Waals surface area contributed by atoms with E-state index in [0.717, 1.165) is 24.9 Å². The van der Waals surface area contributed by atoms with Crippen molar-refractivity contribution in [2.45, 2.75) is 39.7 Å². The second kappa shape index (κ2) is 5.86. The molecule has 0 amide bonds. The molecule has 0 saturated heterocycles. The van der Waals surface area contributed by atoms with Crippen molar-refractivity contribution in [3.63, 3.8) is 0 Å². The summed E-state index contributed by atoms with van der Waals surface area (Å²) in [6, 6.07) is 5.57. The molecule has 0 aliphatic rings. The van der Waals surface area contributed by atoms with Gasteiger partial charge in [0, 0.05) is 6.04 Å². The molecule has 15 heavy (non-hydrogen) atoms. The molecule has 1 nitrogen and oxygen atoms in total. The van der Waals surface area contributed by atoms with E-state index >= 15 is 0 Å². The van der Waals surface area contributed by atoms with Crippen molar-refractivity contribution in [3.8, 4) is 0 Å². The molecule has 0 heterocycles. The Morgan fingerprint density at radius 2 is 2.07 bits per heavy atom. The topological polar surface area (TPSA) is 12.0 Å². The van der Waals surface area contributed by atoms with Crippen LogP contribution in [0.3, 0.4) is 0 Å². The third-order valence-electron chi connectivity index (χ3n) is 2.48. The van der Waals surface area contributed by atoms with E-state index in [1.807, 2.05) is 13.0 Å². The van der Waals surface area contributed by atoms with Gasteiger partial charge in [0.05, 0.1) is 0 Å². The van der Waals surface area contributed by atoms with E-state index in [-0.39, 0.29) is 5.82 Å². The Bertz CT molecular complexity index is 307. The lowest BCUT2D eigenvalue weighted by atomic mass is 10.0. The van der Waals surface area contributed by atoms with E-state index < -0.39 is 0 Å². The zero-order valence-electron chi connectivity index (χ0n) is 9.81. The number of aryl methyl sites for hydroxylation is 2. The molecule has 1 N–H and O–H groups in total. The maximum Gasteiger partial charge on any atom is 0.123 e. The van der Waals surface area contributed by atoms with Gasteiger partial charge in [0.2, 0.25) is 0 Å². The summed E-state index contributed by atoms with van der Waals surface area (Å²) in [7, 11) is 0. The summed E-state index contributed by atoms with van der Waals surface area (Å²) in [5.41, 5.74) is 2.31. The van der Waals surface area contributed by atoms with Crippen LogP contribution >= 0.6 is 0 Å². The monoisotopic (exact) mass is 209 g/mol. The van der Waals surface area contributed by atoms with E-state index in [9.17, 15) is 4.39 Å². The van der Waals surface area contributed by atoms with E-state index in [1.54, 1.807) is 6.07 Å². The average Bonchev–Trinajstić information content (AvgIpc) is 2.14. The molecule has 0 bridgehead atoms. The van der Waals surface area contributed by atoms with Crippen LogP contribution in [-0.4, -0.2) is 12.6 Å². The molecule has 1 aromatic rings. The van der Waals surface area contributed by atoms with Gasteiger partial charge < -0.3 is 5.32 Å². The van der Waals surface area contributed by atoms with Crippen LogP contribution in [0.25, 0.3) is 0 Å². The summed E-state index contributed by atoms with van der Waals surface area (Å²) in [5.74, 6) is -0.142. The molecule has 1 rings (SSSR count). The number of hydrogen-bond acceptors (Lipinski definition) is 1. The number of rotatable bonds is 5. The van der Waals surface area contributed by atoms with Crippen molar-refractivity contribution in [1.29, 1.82) is 0 Å². The molecule has 0 fully saturated rings. The molecule has 0 spiro atoms. The minimum atomic E-state index is -0.142. The number of benzene rings is 1. The normalized spacial score (nSPS) is 11.0. The summed E-state index contributed by atoms with van der Waals surface area (Å²) in [6.07, 6.45) is 2.12. The molecule has 0 aliphatic heterocycles.